The molecule has 0 unspecified atom stereocenters. The number of oxazole rings is 1. The number of halogens is 1. The Hall–Kier alpha value is -3.51. The van der Waals surface area contributed by atoms with Gasteiger partial charge in [-0.05, 0) is 61.0 Å². The number of nitrogens with one attached hydrogen (secondary N) is 1. The van der Waals surface area contributed by atoms with E-state index < -0.39 is 0 Å². The highest BCUT2D eigenvalue weighted by Gasteiger charge is 2.16. The van der Waals surface area contributed by atoms with Gasteiger partial charge in [0.15, 0.2) is 17.1 Å². The van der Waals surface area contributed by atoms with E-state index >= 15 is 0 Å². The first-order valence-electron chi connectivity index (χ1n) is 9.45. The van der Waals surface area contributed by atoms with Crippen molar-refractivity contribution >= 4 is 34.3 Å². The number of amides is 1. The number of carbonyl (C=O) groups is 1. The minimum absolute atomic E-state index is 0.250. The van der Waals surface area contributed by atoms with Gasteiger partial charge in [-0.2, -0.15) is 0 Å². The van der Waals surface area contributed by atoms with Crippen molar-refractivity contribution in [2.75, 3.05) is 18.5 Å². The third-order valence-electron chi connectivity index (χ3n) is 4.87. The molecule has 4 aromatic rings. The number of ether oxygens (including phenoxy) is 2. The van der Waals surface area contributed by atoms with Crippen LogP contribution in [0.1, 0.15) is 15.9 Å². The predicted molar refractivity (Wildman–Crippen MR) is 115 cm³/mol. The SMILES string of the molecule is Cc1ccc(-c2nc3cc(NC(=O)c4ccc5c(c4)OCCO5)ccc3o2)cc1Cl. The fourth-order valence-corrected chi connectivity index (χ4v) is 3.42. The summed E-state index contributed by atoms with van der Waals surface area (Å²) in [5.41, 5.74) is 4.14. The first kappa shape index (κ1) is 18.5. The number of aryl methyl sites for hydroxylation is 1. The van der Waals surface area contributed by atoms with Crippen LogP contribution in [0.5, 0.6) is 11.5 Å². The summed E-state index contributed by atoms with van der Waals surface area (Å²) in [4.78, 5) is 17.2. The zero-order valence-electron chi connectivity index (χ0n) is 16.1. The maximum Gasteiger partial charge on any atom is 0.255 e. The molecule has 1 N–H and O–H groups in total. The molecule has 1 aromatic heterocycles. The van der Waals surface area contributed by atoms with Gasteiger partial charge in [-0.25, -0.2) is 4.98 Å². The summed E-state index contributed by atoms with van der Waals surface area (Å²) in [7, 11) is 0. The molecule has 7 heteroatoms. The minimum atomic E-state index is -0.250. The van der Waals surface area contributed by atoms with Crippen LogP contribution in [0.15, 0.2) is 59.0 Å². The molecule has 0 saturated carbocycles. The van der Waals surface area contributed by atoms with Crippen LogP contribution in [0.4, 0.5) is 5.69 Å². The molecule has 0 radical (unpaired) electrons. The number of hydrogen-bond acceptors (Lipinski definition) is 5. The Morgan fingerprint density at radius 2 is 1.83 bits per heavy atom. The van der Waals surface area contributed by atoms with Crippen LogP contribution in [-0.4, -0.2) is 24.1 Å². The Morgan fingerprint density at radius 1 is 1.00 bits per heavy atom. The fraction of sp³-hybridized carbons (Fsp3) is 0.130. The summed E-state index contributed by atoms with van der Waals surface area (Å²) in [5, 5.41) is 3.54. The Balaban J connectivity index is 1.40. The lowest BCUT2D eigenvalue weighted by Crippen LogP contribution is -2.17. The van der Waals surface area contributed by atoms with Crippen LogP contribution in [0.25, 0.3) is 22.6 Å². The lowest BCUT2D eigenvalue weighted by molar-refractivity contribution is 0.102. The maximum atomic E-state index is 12.7. The van der Waals surface area contributed by atoms with Crippen molar-refractivity contribution in [3.05, 3.63) is 70.7 Å². The largest absolute Gasteiger partial charge is 0.486 e. The normalized spacial score (nSPS) is 12.7. The third-order valence-corrected chi connectivity index (χ3v) is 5.28. The first-order chi connectivity index (χ1) is 14.6. The van der Waals surface area contributed by atoms with Gasteiger partial charge < -0.3 is 19.2 Å². The van der Waals surface area contributed by atoms with E-state index in [0.717, 1.165) is 11.1 Å². The van der Waals surface area contributed by atoms with Crippen LogP contribution in [0.2, 0.25) is 5.02 Å². The molecule has 0 bridgehead atoms. The smallest absolute Gasteiger partial charge is 0.255 e. The van der Waals surface area contributed by atoms with E-state index in [0.29, 0.717) is 58.0 Å². The average molecular weight is 421 g/mol. The van der Waals surface area contributed by atoms with Gasteiger partial charge in [-0.15, -0.1) is 0 Å². The lowest BCUT2D eigenvalue weighted by atomic mass is 10.1. The molecule has 0 fully saturated rings. The number of aromatic nitrogens is 1. The number of nitrogens with zero attached hydrogens (tertiary/aromatic N) is 1. The first-order valence-corrected chi connectivity index (χ1v) is 9.83. The molecule has 0 atom stereocenters. The van der Waals surface area contributed by atoms with Crippen molar-refractivity contribution in [1.82, 2.24) is 4.98 Å². The third kappa shape index (κ3) is 3.46. The van der Waals surface area contributed by atoms with Gasteiger partial charge in [-0.3, -0.25) is 4.79 Å². The number of carbonyl (C=O) groups excluding carboxylic acids is 1. The number of hydrogen-bond donors (Lipinski definition) is 1. The quantitative estimate of drug-likeness (QED) is 0.475. The molecule has 1 amide bonds. The summed E-state index contributed by atoms with van der Waals surface area (Å²) in [6, 6.07) is 16.1. The van der Waals surface area contributed by atoms with Gasteiger partial charge in [0.2, 0.25) is 5.89 Å². The Kier molecular flexibility index (Phi) is 4.56. The van der Waals surface area contributed by atoms with Crippen molar-refractivity contribution in [2.24, 2.45) is 0 Å². The molecule has 1 aliphatic rings. The second kappa shape index (κ2) is 7.39. The second-order valence-electron chi connectivity index (χ2n) is 6.98. The molecule has 30 heavy (non-hydrogen) atoms. The van der Waals surface area contributed by atoms with E-state index in [-0.39, 0.29) is 5.91 Å². The molecule has 0 aliphatic carbocycles. The van der Waals surface area contributed by atoms with E-state index in [4.69, 9.17) is 25.5 Å². The van der Waals surface area contributed by atoms with Gasteiger partial charge >= 0.3 is 0 Å². The maximum absolute atomic E-state index is 12.7. The van der Waals surface area contributed by atoms with E-state index in [1.165, 1.54) is 0 Å². The van der Waals surface area contributed by atoms with Crippen molar-refractivity contribution in [2.45, 2.75) is 6.92 Å². The summed E-state index contributed by atoms with van der Waals surface area (Å²) in [6.45, 7) is 2.91. The van der Waals surface area contributed by atoms with Crippen molar-refractivity contribution in [1.29, 1.82) is 0 Å². The molecule has 5 rings (SSSR count). The van der Waals surface area contributed by atoms with Crippen LogP contribution >= 0.6 is 11.6 Å². The molecule has 2 heterocycles. The van der Waals surface area contributed by atoms with Crippen LogP contribution in [0.3, 0.4) is 0 Å². The standard InChI is InChI=1S/C23H17ClN2O4/c1-13-2-3-15(10-17(13)24)23-26-18-12-16(5-7-19(18)30-23)25-22(27)14-4-6-20-21(11-14)29-9-8-28-20/h2-7,10-12H,8-9H2,1H3,(H,25,27). The Bertz CT molecular complexity index is 1280. The lowest BCUT2D eigenvalue weighted by Gasteiger charge is -2.18. The highest BCUT2D eigenvalue weighted by Crippen LogP contribution is 2.32. The minimum Gasteiger partial charge on any atom is -0.486 e. The van der Waals surface area contributed by atoms with Gasteiger partial charge in [0.25, 0.3) is 5.91 Å². The average Bonchev–Trinajstić information content (AvgIpc) is 3.18. The van der Waals surface area contributed by atoms with Crippen LogP contribution in [0, 0.1) is 6.92 Å². The molecule has 1 aliphatic heterocycles. The highest BCUT2D eigenvalue weighted by molar-refractivity contribution is 6.31. The molecule has 0 saturated heterocycles. The molecule has 6 nitrogen and oxygen atoms in total. The monoisotopic (exact) mass is 420 g/mol. The van der Waals surface area contributed by atoms with Gasteiger partial charge in [0.1, 0.15) is 18.7 Å². The van der Waals surface area contributed by atoms with E-state index in [2.05, 4.69) is 10.3 Å². The van der Waals surface area contributed by atoms with E-state index in [1.54, 1.807) is 36.4 Å². The van der Waals surface area contributed by atoms with Crippen LogP contribution in [-0.2, 0) is 0 Å². The molecule has 0 spiro atoms. The zero-order valence-corrected chi connectivity index (χ0v) is 16.8. The Morgan fingerprint density at radius 3 is 2.67 bits per heavy atom. The van der Waals surface area contributed by atoms with E-state index in [1.807, 2.05) is 25.1 Å². The van der Waals surface area contributed by atoms with E-state index in [9.17, 15) is 4.79 Å². The second-order valence-corrected chi connectivity index (χ2v) is 7.39. The van der Waals surface area contributed by atoms with Gasteiger partial charge in [-0.1, -0.05) is 17.7 Å². The highest BCUT2D eigenvalue weighted by atomic mass is 35.5. The predicted octanol–water partition coefficient (Wildman–Crippen LogP) is 5.48. The van der Waals surface area contributed by atoms with Crippen molar-refractivity contribution in [3.63, 3.8) is 0 Å². The van der Waals surface area contributed by atoms with Crippen molar-refractivity contribution < 1.29 is 18.7 Å². The topological polar surface area (TPSA) is 73.6 Å². The molecular formula is C23H17ClN2O4. The summed E-state index contributed by atoms with van der Waals surface area (Å²) < 4.78 is 16.9. The number of anilines is 1. The fourth-order valence-electron chi connectivity index (χ4n) is 3.24. The zero-order chi connectivity index (χ0) is 20.7. The summed E-state index contributed by atoms with van der Waals surface area (Å²) in [5.74, 6) is 1.44. The number of rotatable bonds is 3. The molecule has 150 valence electrons. The number of fused-ring (bicyclic) bond motifs is 2. The number of benzene rings is 3. The summed E-state index contributed by atoms with van der Waals surface area (Å²) >= 11 is 6.21. The molecular weight excluding hydrogens is 404 g/mol. The van der Waals surface area contributed by atoms with Gasteiger partial charge in [0, 0.05) is 21.8 Å². The van der Waals surface area contributed by atoms with Crippen molar-refractivity contribution in [3.8, 4) is 23.0 Å². The molecule has 3 aromatic carbocycles. The Labute approximate surface area is 177 Å². The van der Waals surface area contributed by atoms with Crippen LogP contribution < -0.4 is 14.8 Å². The summed E-state index contributed by atoms with van der Waals surface area (Å²) in [6.07, 6.45) is 0. The van der Waals surface area contributed by atoms with Gasteiger partial charge in [0.05, 0.1) is 0 Å².